The number of anilines is 3. The quantitative estimate of drug-likeness (QED) is 0.643. The molecular weight excluding hydrogens is 358 g/mol. The first-order chi connectivity index (χ1) is 13.6. The Balaban J connectivity index is 1.71. The average molecular weight is 379 g/mol. The average Bonchev–Trinajstić information content (AvgIpc) is 2.75. The maximum absolute atomic E-state index is 12.7. The van der Waals surface area contributed by atoms with Gasteiger partial charge in [0.25, 0.3) is 5.91 Å². The van der Waals surface area contributed by atoms with Crippen molar-refractivity contribution < 1.29 is 19.0 Å². The molecule has 1 aromatic heterocycles. The van der Waals surface area contributed by atoms with E-state index >= 15 is 0 Å². The number of pyridine rings is 1. The molecule has 7 heteroatoms. The van der Waals surface area contributed by atoms with Crippen molar-refractivity contribution in [3.05, 3.63) is 66.4 Å². The van der Waals surface area contributed by atoms with Crippen LogP contribution in [0.3, 0.4) is 0 Å². The first kappa shape index (κ1) is 19.0. The molecule has 1 heterocycles. The van der Waals surface area contributed by atoms with E-state index in [-0.39, 0.29) is 5.91 Å². The highest BCUT2D eigenvalue weighted by atomic mass is 16.5. The summed E-state index contributed by atoms with van der Waals surface area (Å²) in [7, 11) is 4.64. The van der Waals surface area contributed by atoms with Crippen LogP contribution in [0.1, 0.15) is 10.4 Å². The Bertz CT molecular complexity index is 919. The van der Waals surface area contributed by atoms with Gasteiger partial charge in [0.05, 0.1) is 33.2 Å². The number of amides is 1. The van der Waals surface area contributed by atoms with Crippen LogP contribution in [0.25, 0.3) is 0 Å². The first-order valence-electron chi connectivity index (χ1n) is 8.54. The van der Waals surface area contributed by atoms with E-state index in [1.807, 2.05) is 24.3 Å². The fourth-order valence-electron chi connectivity index (χ4n) is 2.63. The number of ether oxygens (including phenoxy) is 3. The smallest absolute Gasteiger partial charge is 0.263 e. The zero-order chi connectivity index (χ0) is 19.9. The Morgan fingerprint density at radius 2 is 1.46 bits per heavy atom. The SMILES string of the molecule is COc1ccc(Nc2ccc(NC(=O)c3c(OC)cccc3OC)cn2)cc1. The van der Waals surface area contributed by atoms with Gasteiger partial charge in [0.1, 0.15) is 28.6 Å². The molecule has 0 aliphatic rings. The summed E-state index contributed by atoms with van der Waals surface area (Å²) in [6.07, 6.45) is 1.58. The molecule has 1 amide bonds. The van der Waals surface area contributed by atoms with E-state index in [2.05, 4.69) is 15.6 Å². The molecule has 0 radical (unpaired) electrons. The van der Waals surface area contributed by atoms with E-state index in [1.165, 1.54) is 14.2 Å². The summed E-state index contributed by atoms with van der Waals surface area (Å²) in [5.41, 5.74) is 1.76. The van der Waals surface area contributed by atoms with Crippen molar-refractivity contribution in [2.45, 2.75) is 0 Å². The number of rotatable bonds is 7. The molecule has 2 N–H and O–H groups in total. The van der Waals surface area contributed by atoms with Crippen LogP contribution in [0, 0.1) is 0 Å². The summed E-state index contributed by atoms with van der Waals surface area (Å²) in [5.74, 6) is 1.96. The number of aromatic nitrogens is 1. The molecule has 144 valence electrons. The summed E-state index contributed by atoms with van der Waals surface area (Å²) in [6, 6.07) is 16.2. The van der Waals surface area contributed by atoms with Crippen molar-refractivity contribution in [1.82, 2.24) is 4.98 Å². The highest BCUT2D eigenvalue weighted by molar-refractivity contribution is 6.08. The Morgan fingerprint density at radius 1 is 0.821 bits per heavy atom. The summed E-state index contributed by atoms with van der Waals surface area (Å²) in [6.45, 7) is 0. The van der Waals surface area contributed by atoms with Gasteiger partial charge >= 0.3 is 0 Å². The maximum atomic E-state index is 12.7. The number of carbonyl (C=O) groups excluding carboxylic acids is 1. The van der Waals surface area contributed by atoms with Crippen LogP contribution in [-0.4, -0.2) is 32.2 Å². The lowest BCUT2D eigenvalue weighted by Crippen LogP contribution is -2.14. The van der Waals surface area contributed by atoms with Gasteiger partial charge in [-0.05, 0) is 48.5 Å². The highest BCUT2D eigenvalue weighted by Crippen LogP contribution is 2.29. The first-order valence-corrected chi connectivity index (χ1v) is 8.54. The van der Waals surface area contributed by atoms with Crippen LogP contribution >= 0.6 is 0 Å². The number of hydrogen-bond donors (Lipinski definition) is 2. The minimum Gasteiger partial charge on any atom is -0.497 e. The van der Waals surface area contributed by atoms with Gasteiger partial charge in [-0.2, -0.15) is 0 Å². The molecule has 0 spiro atoms. The van der Waals surface area contributed by atoms with E-state index in [0.29, 0.717) is 28.6 Å². The van der Waals surface area contributed by atoms with Gasteiger partial charge in [0, 0.05) is 5.69 Å². The lowest BCUT2D eigenvalue weighted by molar-refractivity contribution is 0.102. The monoisotopic (exact) mass is 379 g/mol. The second-order valence-electron chi connectivity index (χ2n) is 5.78. The van der Waals surface area contributed by atoms with Gasteiger partial charge in [-0.15, -0.1) is 0 Å². The molecule has 0 saturated heterocycles. The van der Waals surface area contributed by atoms with Crippen LogP contribution in [0.15, 0.2) is 60.8 Å². The molecule has 0 unspecified atom stereocenters. The van der Waals surface area contributed by atoms with E-state index < -0.39 is 0 Å². The molecule has 3 rings (SSSR count). The largest absolute Gasteiger partial charge is 0.497 e. The molecule has 3 aromatic rings. The molecule has 0 aliphatic heterocycles. The third-order valence-corrected chi connectivity index (χ3v) is 4.04. The topological polar surface area (TPSA) is 81.7 Å². The molecule has 0 atom stereocenters. The predicted octanol–water partition coefficient (Wildman–Crippen LogP) is 4.10. The molecule has 2 aromatic carbocycles. The Morgan fingerprint density at radius 3 is 2.00 bits per heavy atom. The van der Waals surface area contributed by atoms with Crippen molar-refractivity contribution in [3.8, 4) is 17.2 Å². The highest BCUT2D eigenvalue weighted by Gasteiger charge is 2.18. The van der Waals surface area contributed by atoms with E-state index in [4.69, 9.17) is 14.2 Å². The maximum Gasteiger partial charge on any atom is 0.263 e. The van der Waals surface area contributed by atoms with Crippen LogP contribution in [0.4, 0.5) is 17.2 Å². The Kier molecular flexibility index (Phi) is 5.96. The summed E-state index contributed by atoms with van der Waals surface area (Å²) in [4.78, 5) is 17.0. The number of methoxy groups -OCH3 is 3. The minimum atomic E-state index is -0.341. The molecular formula is C21H21N3O4. The van der Waals surface area contributed by atoms with Crippen LogP contribution in [0.2, 0.25) is 0 Å². The van der Waals surface area contributed by atoms with E-state index in [1.54, 1.807) is 43.6 Å². The van der Waals surface area contributed by atoms with Gasteiger partial charge in [-0.3, -0.25) is 4.79 Å². The third kappa shape index (κ3) is 4.32. The second-order valence-corrected chi connectivity index (χ2v) is 5.78. The van der Waals surface area contributed by atoms with Gasteiger partial charge in [-0.25, -0.2) is 4.98 Å². The normalized spacial score (nSPS) is 10.1. The van der Waals surface area contributed by atoms with Crippen LogP contribution in [0.5, 0.6) is 17.2 Å². The van der Waals surface area contributed by atoms with Crippen molar-refractivity contribution in [2.75, 3.05) is 32.0 Å². The van der Waals surface area contributed by atoms with Crippen molar-refractivity contribution >= 4 is 23.1 Å². The number of nitrogens with one attached hydrogen (secondary N) is 2. The Hall–Kier alpha value is -3.74. The van der Waals surface area contributed by atoms with Crippen molar-refractivity contribution in [2.24, 2.45) is 0 Å². The standard InChI is InChI=1S/C21H21N3O4/c1-26-16-10-7-14(8-11-16)23-19-12-9-15(13-22-19)24-21(25)20-17(27-2)5-4-6-18(20)28-3/h4-13H,1-3H3,(H,22,23)(H,24,25). The molecule has 0 bridgehead atoms. The second kappa shape index (κ2) is 8.77. The summed E-state index contributed by atoms with van der Waals surface area (Å²) in [5, 5.41) is 5.99. The van der Waals surface area contributed by atoms with E-state index in [0.717, 1.165) is 11.4 Å². The third-order valence-electron chi connectivity index (χ3n) is 4.04. The van der Waals surface area contributed by atoms with E-state index in [9.17, 15) is 4.79 Å². The number of nitrogens with zero attached hydrogens (tertiary/aromatic N) is 1. The number of carbonyl (C=O) groups is 1. The molecule has 7 nitrogen and oxygen atoms in total. The van der Waals surface area contributed by atoms with Crippen LogP contribution in [-0.2, 0) is 0 Å². The molecule has 0 fully saturated rings. The lowest BCUT2D eigenvalue weighted by atomic mass is 10.1. The number of hydrogen-bond acceptors (Lipinski definition) is 6. The molecule has 0 aliphatic carbocycles. The van der Waals surface area contributed by atoms with Crippen LogP contribution < -0.4 is 24.8 Å². The predicted molar refractivity (Wildman–Crippen MR) is 108 cm³/mol. The minimum absolute atomic E-state index is 0.327. The Labute approximate surface area is 163 Å². The molecule has 0 saturated carbocycles. The van der Waals surface area contributed by atoms with Gasteiger partial charge in [0.15, 0.2) is 0 Å². The fourth-order valence-corrected chi connectivity index (χ4v) is 2.63. The van der Waals surface area contributed by atoms with Gasteiger partial charge < -0.3 is 24.8 Å². The zero-order valence-corrected chi connectivity index (χ0v) is 15.9. The molecule has 28 heavy (non-hydrogen) atoms. The summed E-state index contributed by atoms with van der Waals surface area (Å²) >= 11 is 0. The lowest BCUT2D eigenvalue weighted by Gasteiger charge is -2.13. The summed E-state index contributed by atoms with van der Waals surface area (Å²) < 4.78 is 15.7. The van der Waals surface area contributed by atoms with Crippen molar-refractivity contribution in [3.63, 3.8) is 0 Å². The zero-order valence-electron chi connectivity index (χ0n) is 15.9. The fraction of sp³-hybridized carbons (Fsp3) is 0.143. The number of benzene rings is 2. The van der Waals surface area contributed by atoms with Crippen molar-refractivity contribution in [1.29, 1.82) is 0 Å². The van der Waals surface area contributed by atoms with Gasteiger partial charge in [-0.1, -0.05) is 6.07 Å². The van der Waals surface area contributed by atoms with Gasteiger partial charge in [0.2, 0.25) is 0 Å².